The van der Waals surface area contributed by atoms with Gasteiger partial charge in [0, 0.05) is 11.6 Å². The lowest BCUT2D eigenvalue weighted by atomic mass is 10.2. The first kappa shape index (κ1) is 7.98. The van der Waals surface area contributed by atoms with Crippen molar-refractivity contribution >= 4 is 11.0 Å². The fourth-order valence-electron chi connectivity index (χ4n) is 1.20. The van der Waals surface area contributed by atoms with E-state index < -0.39 is 5.82 Å². The molecule has 3 heteroatoms. The highest BCUT2D eigenvalue weighted by Crippen LogP contribution is 2.12. The van der Waals surface area contributed by atoms with Crippen molar-refractivity contribution in [1.29, 1.82) is 0 Å². The van der Waals surface area contributed by atoms with Crippen molar-refractivity contribution in [2.75, 3.05) is 0 Å². The first-order valence-electron chi connectivity index (χ1n) is 3.86. The fraction of sp³-hybridized carbons (Fsp3) is 0.100. The Kier molecular flexibility index (Phi) is 1.65. The Morgan fingerprint density at radius 1 is 1.38 bits per heavy atom. The molecule has 0 bridgehead atoms. The molecule has 1 aromatic carbocycles. The molecule has 0 aliphatic rings. The zero-order chi connectivity index (χ0) is 9.42. The van der Waals surface area contributed by atoms with Gasteiger partial charge in [-0.1, -0.05) is 0 Å². The molecule has 0 atom stereocenters. The third kappa shape index (κ3) is 1.22. The van der Waals surface area contributed by atoms with Crippen LogP contribution in [0.3, 0.4) is 0 Å². The topological polar surface area (TPSA) is 30.2 Å². The second-order valence-electron chi connectivity index (χ2n) is 2.89. The van der Waals surface area contributed by atoms with Crippen LogP contribution in [0.2, 0.25) is 0 Å². The smallest absolute Gasteiger partial charge is 0.195 e. The van der Waals surface area contributed by atoms with Crippen LogP contribution in [0.4, 0.5) is 4.39 Å². The molecule has 2 rings (SSSR count). The van der Waals surface area contributed by atoms with Gasteiger partial charge in [-0.25, -0.2) is 4.39 Å². The molecule has 0 amide bonds. The summed E-state index contributed by atoms with van der Waals surface area (Å²) in [5, 5.41) is 0.418. The first-order valence-corrected chi connectivity index (χ1v) is 3.86. The molecule has 0 N–H and O–H groups in total. The van der Waals surface area contributed by atoms with Crippen LogP contribution in [0.5, 0.6) is 0 Å². The van der Waals surface area contributed by atoms with E-state index in [0.717, 1.165) is 0 Å². The lowest BCUT2D eigenvalue weighted by molar-refractivity contribution is 0.584. The molecule has 0 aliphatic heterocycles. The molecule has 1 aromatic heterocycles. The van der Waals surface area contributed by atoms with E-state index in [2.05, 4.69) is 0 Å². The Labute approximate surface area is 73.6 Å². The molecule has 0 fully saturated rings. The van der Waals surface area contributed by atoms with Crippen molar-refractivity contribution < 1.29 is 8.81 Å². The summed E-state index contributed by atoms with van der Waals surface area (Å²) in [5.74, 6) is -0.403. The lowest BCUT2D eigenvalue weighted by Gasteiger charge is -1.96. The molecular formula is C10H7FO2. The van der Waals surface area contributed by atoms with Crippen molar-refractivity contribution in [2.24, 2.45) is 0 Å². The summed E-state index contributed by atoms with van der Waals surface area (Å²) < 4.78 is 17.8. The zero-order valence-corrected chi connectivity index (χ0v) is 7.00. The highest BCUT2D eigenvalue weighted by atomic mass is 19.1. The van der Waals surface area contributed by atoms with Gasteiger partial charge in [0.2, 0.25) is 0 Å². The Balaban J connectivity index is 2.95. The summed E-state index contributed by atoms with van der Waals surface area (Å²) in [6.07, 6.45) is 1.34. The zero-order valence-electron chi connectivity index (χ0n) is 7.00. The molecule has 0 saturated carbocycles. The molecule has 0 spiro atoms. The van der Waals surface area contributed by atoms with E-state index in [0.29, 0.717) is 10.9 Å². The molecule has 66 valence electrons. The van der Waals surface area contributed by atoms with Gasteiger partial charge in [-0.05, 0) is 19.1 Å². The van der Waals surface area contributed by atoms with Crippen molar-refractivity contribution in [1.82, 2.24) is 0 Å². The van der Waals surface area contributed by atoms with Crippen LogP contribution < -0.4 is 5.43 Å². The number of aryl methyl sites for hydroxylation is 1. The second-order valence-corrected chi connectivity index (χ2v) is 2.89. The van der Waals surface area contributed by atoms with Crippen LogP contribution in [-0.2, 0) is 0 Å². The minimum absolute atomic E-state index is 0.110. The molecule has 13 heavy (non-hydrogen) atoms. The van der Waals surface area contributed by atoms with Gasteiger partial charge in [0.05, 0.1) is 11.6 Å². The number of hydrogen-bond donors (Lipinski definition) is 0. The second kappa shape index (κ2) is 2.69. The van der Waals surface area contributed by atoms with Crippen molar-refractivity contribution in [3.63, 3.8) is 0 Å². The number of halogens is 1. The summed E-state index contributed by atoms with van der Waals surface area (Å²) in [7, 11) is 0. The van der Waals surface area contributed by atoms with E-state index in [1.54, 1.807) is 6.92 Å². The minimum Gasteiger partial charge on any atom is -0.464 e. The average molecular weight is 178 g/mol. The summed E-state index contributed by atoms with van der Waals surface area (Å²) in [4.78, 5) is 11.5. The van der Waals surface area contributed by atoms with Gasteiger partial charge in [-0.3, -0.25) is 4.79 Å². The van der Waals surface area contributed by atoms with Crippen molar-refractivity contribution in [3.05, 3.63) is 46.1 Å². The molecule has 0 saturated heterocycles. The van der Waals surface area contributed by atoms with E-state index in [4.69, 9.17) is 4.42 Å². The summed E-state index contributed by atoms with van der Waals surface area (Å²) in [6.45, 7) is 1.66. The van der Waals surface area contributed by atoms with Crippen LogP contribution in [0.1, 0.15) is 5.56 Å². The van der Waals surface area contributed by atoms with E-state index in [9.17, 15) is 9.18 Å². The number of hydrogen-bond acceptors (Lipinski definition) is 2. The quantitative estimate of drug-likeness (QED) is 0.619. The van der Waals surface area contributed by atoms with Gasteiger partial charge in [0.1, 0.15) is 11.4 Å². The largest absolute Gasteiger partial charge is 0.464 e. The van der Waals surface area contributed by atoms with E-state index in [1.807, 2.05) is 0 Å². The third-order valence-electron chi connectivity index (χ3n) is 1.91. The maximum atomic E-state index is 12.7. The highest BCUT2D eigenvalue weighted by Gasteiger charge is 2.03. The Hall–Kier alpha value is -1.64. The van der Waals surface area contributed by atoms with Gasteiger partial charge >= 0.3 is 0 Å². The normalized spacial score (nSPS) is 10.6. The Morgan fingerprint density at radius 2 is 2.15 bits per heavy atom. The minimum atomic E-state index is -0.403. The molecular weight excluding hydrogens is 171 g/mol. The number of fused-ring (bicyclic) bond motifs is 1. The van der Waals surface area contributed by atoms with Crippen molar-refractivity contribution in [2.45, 2.75) is 6.92 Å². The monoisotopic (exact) mass is 178 g/mol. The fourth-order valence-corrected chi connectivity index (χ4v) is 1.20. The number of rotatable bonds is 0. The molecule has 2 aromatic rings. The third-order valence-corrected chi connectivity index (χ3v) is 1.91. The van der Waals surface area contributed by atoms with Crippen LogP contribution in [0.15, 0.2) is 33.7 Å². The summed E-state index contributed by atoms with van der Waals surface area (Å²) >= 11 is 0. The van der Waals surface area contributed by atoms with E-state index >= 15 is 0 Å². The van der Waals surface area contributed by atoms with Gasteiger partial charge in [0.25, 0.3) is 0 Å². The highest BCUT2D eigenvalue weighted by molar-refractivity contribution is 5.76. The molecule has 0 radical (unpaired) electrons. The maximum Gasteiger partial charge on any atom is 0.195 e. The average Bonchev–Trinajstić information content (AvgIpc) is 2.12. The van der Waals surface area contributed by atoms with E-state index in [-0.39, 0.29) is 11.0 Å². The molecule has 0 unspecified atom stereocenters. The van der Waals surface area contributed by atoms with Gasteiger partial charge in [0.15, 0.2) is 5.43 Å². The summed E-state index contributed by atoms with van der Waals surface area (Å²) in [5.41, 5.74) is 0.705. The summed E-state index contributed by atoms with van der Waals surface area (Å²) in [6, 6.07) is 3.89. The van der Waals surface area contributed by atoms with Crippen molar-refractivity contribution in [3.8, 4) is 0 Å². The lowest BCUT2D eigenvalue weighted by Crippen LogP contribution is -2.04. The van der Waals surface area contributed by atoms with Crippen LogP contribution in [-0.4, -0.2) is 0 Å². The van der Waals surface area contributed by atoms with Gasteiger partial charge < -0.3 is 4.42 Å². The Morgan fingerprint density at radius 3 is 2.92 bits per heavy atom. The van der Waals surface area contributed by atoms with Crippen LogP contribution in [0.25, 0.3) is 11.0 Å². The predicted molar refractivity (Wildman–Crippen MR) is 47.2 cm³/mol. The first-order chi connectivity index (χ1) is 6.18. The molecule has 1 heterocycles. The standard InChI is InChI=1S/C10H7FO2/c1-6-5-13-9-4-7(11)2-3-8(9)10(6)12/h2-5H,1H3. The molecule has 2 nitrogen and oxygen atoms in total. The predicted octanol–water partition coefficient (Wildman–Crippen LogP) is 2.24. The van der Waals surface area contributed by atoms with Crippen LogP contribution in [0, 0.1) is 12.7 Å². The van der Waals surface area contributed by atoms with Gasteiger partial charge in [-0.2, -0.15) is 0 Å². The number of benzene rings is 1. The van der Waals surface area contributed by atoms with Crippen LogP contribution >= 0.6 is 0 Å². The Bertz CT molecular complexity index is 514. The van der Waals surface area contributed by atoms with Gasteiger partial charge in [-0.15, -0.1) is 0 Å². The molecule has 0 aliphatic carbocycles. The maximum absolute atomic E-state index is 12.7. The SMILES string of the molecule is Cc1coc2cc(F)ccc2c1=O. The van der Waals surface area contributed by atoms with E-state index in [1.165, 1.54) is 24.5 Å².